The molecule has 26 heavy (non-hydrogen) atoms. The van der Waals surface area contributed by atoms with Gasteiger partial charge in [0.1, 0.15) is 0 Å². The molecule has 4 aromatic rings. The first-order chi connectivity index (χ1) is 12.7. The van der Waals surface area contributed by atoms with Gasteiger partial charge in [0, 0.05) is 0 Å². The van der Waals surface area contributed by atoms with Crippen LogP contribution in [-0.4, -0.2) is 0 Å². The Morgan fingerprint density at radius 1 is 0.385 bits per heavy atom. The van der Waals surface area contributed by atoms with Crippen molar-refractivity contribution >= 4 is 0 Å². The molecule has 0 aromatic heterocycles. The van der Waals surface area contributed by atoms with Gasteiger partial charge in [-0.1, -0.05) is 108 Å². The third kappa shape index (κ3) is 3.19. The molecular weight excluding hydrogens is 312 g/mol. The molecule has 0 unspecified atom stereocenters. The monoisotopic (exact) mass is 334 g/mol. The lowest BCUT2D eigenvalue weighted by atomic mass is 9.87. The Morgan fingerprint density at radius 3 is 1.38 bits per heavy atom. The van der Waals surface area contributed by atoms with Crippen molar-refractivity contribution < 1.29 is 0 Å². The van der Waals surface area contributed by atoms with E-state index in [1.807, 2.05) is 0 Å². The lowest BCUT2D eigenvalue weighted by molar-refractivity contribution is 1.45. The van der Waals surface area contributed by atoms with Crippen LogP contribution in [0.25, 0.3) is 33.4 Å². The van der Waals surface area contributed by atoms with Gasteiger partial charge in [-0.3, -0.25) is 0 Å². The maximum atomic E-state index is 2.23. The summed E-state index contributed by atoms with van der Waals surface area (Å²) in [5, 5.41) is 0. The van der Waals surface area contributed by atoms with Crippen LogP contribution in [0, 0.1) is 13.8 Å². The largest absolute Gasteiger partial charge is 0.0622 e. The molecule has 126 valence electrons. The summed E-state index contributed by atoms with van der Waals surface area (Å²) in [6.45, 7) is 4.26. The first-order valence-electron chi connectivity index (χ1n) is 9.05. The van der Waals surface area contributed by atoms with E-state index >= 15 is 0 Å². The minimum absolute atomic E-state index is 1.25. The molecule has 4 aromatic carbocycles. The third-order valence-electron chi connectivity index (χ3n) is 4.85. The van der Waals surface area contributed by atoms with Crippen LogP contribution in [-0.2, 0) is 0 Å². The van der Waals surface area contributed by atoms with E-state index in [4.69, 9.17) is 0 Å². The first-order valence-corrected chi connectivity index (χ1v) is 9.05. The van der Waals surface area contributed by atoms with Crippen LogP contribution in [0.4, 0.5) is 0 Å². The number of aryl methyl sites for hydroxylation is 2. The van der Waals surface area contributed by atoms with Crippen molar-refractivity contribution in [1.29, 1.82) is 0 Å². The van der Waals surface area contributed by atoms with Crippen molar-refractivity contribution in [2.75, 3.05) is 0 Å². The normalized spacial score (nSPS) is 10.7. The summed E-state index contributed by atoms with van der Waals surface area (Å²) in [5.41, 5.74) is 10.2. The van der Waals surface area contributed by atoms with Gasteiger partial charge < -0.3 is 0 Å². The quantitative estimate of drug-likeness (QED) is 0.368. The standard InChI is InChI=1S/C26H22/c1-19-11-15-22(16-12-19)25-10-6-9-24(21-7-4-3-5-8-21)26(25)23-17-13-20(2)14-18-23/h3-18H,1-2H3. The number of rotatable bonds is 3. The second-order valence-corrected chi connectivity index (χ2v) is 6.83. The summed E-state index contributed by atoms with van der Waals surface area (Å²) in [4.78, 5) is 0. The molecule has 0 heterocycles. The number of hydrogen-bond acceptors (Lipinski definition) is 0. The van der Waals surface area contributed by atoms with Crippen molar-refractivity contribution in [3.05, 3.63) is 108 Å². The molecule has 0 saturated carbocycles. The Labute approximate surface area is 155 Å². The maximum Gasteiger partial charge on any atom is -0.00268 e. The van der Waals surface area contributed by atoms with Crippen LogP contribution < -0.4 is 0 Å². The summed E-state index contributed by atoms with van der Waals surface area (Å²) >= 11 is 0. The molecule has 0 aliphatic rings. The van der Waals surface area contributed by atoms with Crippen molar-refractivity contribution in [2.24, 2.45) is 0 Å². The highest BCUT2D eigenvalue weighted by atomic mass is 14.2. The zero-order chi connectivity index (χ0) is 17.9. The van der Waals surface area contributed by atoms with E-state index in [2.05, 4.69) is 111 Å². The van der Waals surface area contributed by atoms with E-state index in [1.54, 1.807) is 0 Å². The number of benzene rings is 4. The second-order valence-electron chi connectivity index (χ2n) is 6.83. The van der Waals surface area contributed by atoms with Crippen LogP contribution in [0.5, 0.6) is 0 Å². The van der Waals surface area contributed by atoms with Gasteiger partial charge in [0.25, 0.3) is 0 Å². The highest BCUT2D eigenvalue weighted by molar-refractivity contribution is 5.94. The van der Waals surface area contributed by atoms with Crippen LogP contribution in [0.2, 0.25) is 0 Å². The topological polar surface area (TPSA) is 0 Å². The fraction of sp³-hybridized carbons (Fsp3) is 0.0769. The molecule has 0 heteroatoms. The van der Waals surface area contributed by atoms with E-state index in [9.17, 15) is 0 Å². The highest BCUT2D eigenvalue weighted by Crippen LogP contribution is 2.40. The molecular formula is C26H22. The van der Waals surface area contributed by atoms with Gasteiger partial charge in [0.05, 0.1) is 0 Å². The molecule has 4 rings (SSSR count). The molecule has 0 saturated heterocycles. The molecule has 0 fully saturated rings. The average Bonchev–Trinajstić information content (AvgIpc) is 2.69. The summed E-state index contributed by atoms with van der Waals surface area (Å²) < 4.78 is 0. The second kappa shape index (κ2) is 7.01. The smallest absolute Gasteiger partial charge is 0.00268 e. The van der Waals surface area contributed by atoms with Gasteiger partial charge in [-0.2, -0.15) is 0 Å². The summed E-state index contributed by atoms with van der Waals surface area (Å²) in [6.07, 6.45) is 0. The molecule has 0 bridgehead atoms. The Bertz CT molecular complexity index is 1010. The van der Waals surface area contributed by atoms with E-state index in [-0.39, 0.29) is 0 Å². The predicted octanol–water partition coefficient (Wildman–Crippen LogP) is 7.30. The summed E-state index contributed by atoms with van der Waals surface area (Å²) in [6, 6.07) is 34.9. The minimum Gasteiger partial charge on any atom is -0.0622 e. The molecule has 0 amide bonds. The highest BCUT2D eigenvalue weighted by Gasteiger charge is 2.13. The summed E-state index contributed by atoms with van der Waals surface area (Å²) in [7, 11) is 0. The van der Waals surface area contributed by atoms with Gasteiger partial charge in [-0.25, -0.2) is 0 Å². The molecule has 0 spiro atoms. The zero-order valence-corrected chi connectivity index (χ0v) is 15.2. The van der Waals surface area contributed by atoms with Gasteiger partial charge in [-0.15, -0.1) is 0 Å². The average molecular weight is 334 g/mol. The van der Waals surface area contributed by atoms with Crippen LogP contribution in [0.1, 0.15) is 11.1 Å². The molecule has 0 atom stereocenters. The predicted molar refractivity (Wildman–Crippen MR) is 112 cm³/mol. The SMILES string of the molecule is Cc1ccc(-c2cccc(-c3ccccc3)c2-c2ccc(C)cc2)cc1. The summed E-state index contributed by atoms with van der Waals surface area (Å²) in [5.74, 6) is 0. The molecule has 0 aliphatic heterocycles. The van der Waals surface area contributed by atoms with Crippen molar-refractivity contribution in [2.45, 2.75) is 13.8 Å². The van der Waals surface area contributed by atoms with E-state index < -0.39 is 0 Å². The third-order valence-corrected chi connectivity index (χ3v) is 4.85. The Morgan fingerprint density at radius 2 is 0.846 bits per heavy atom. The molecule has 0 radical (unpaired) electrons. The Balaban J connectivity index is 2.00. The molecule has 0 nitrogen and oxygen atoms in total. The van der Waals surface area contributed by atoms with Crippen LogP contribution in [0.15, 0.2) is 97.1 Å². The molecule has 0 aliphatic carbocycles. The van der Waals surface area contributed by atoms with Crippen molar-refractivity contribution in [3.8, 4) is 33.4 Å². The first kappa shape index (κ1) is 16.4. The van der Waals surface area contributed by atoms with Gasteiger partial charge >= 0.3 is 0 Å². The zero-order valence-electron chi connectivity index (χ0n) is 15.2. The van der Waals surface area contributed by atoms with Crippen LogP contribution in [0.3, 0.4) is 0 Å². The number of hydrogen-bond donors (Lipinski definition) is 0. The fourth-order valence-electron chi connectivity index (χ4n) is 3.42. The molecule has 0 N–H and O–H groups in total. The van der Waals surface area contributed by atoms with Crippen LogP contribution >= 0.6 is 0 Å². The van der Waals surface area contributed by atoms with Crippen molar-refractivity contribution in [1.82, 2.24) is 0 Å². The lowest BCUT2D eigenvalue weighted by Crippen LogP contribution is -1.91. The lowest BCUT2D eigenvalue weighted by Gasteiger charge is -2.16. The minimum atomic E-state index is 1.25. The maximum absolute atomic E-state index is 2.23. The van der Waals surface area contributed by atoms with Gasteiger partial charge in [0.2, 0.25) is 0 Å². The van der Waals surface area contributed by atoms with E-state index in [0.717, 1.165) is 0 Å². The van der Waals surface area contributed by atoms with Gasteiger partial charge in [-0.05, 0) is 47.2 Å². The van der Waals surface area contributed by atoms with E-state index in [0.29, 0.717) is 0 Å². The fourth-order valence-corrected chi connectivity index (χ4v) is 3.42. The van der Waals surface area contributed by atoms with Gasteiger partial charge in [0.15, 0.2) is 0 Å². The Kier molecular flexibility index (Phi) is 4.41. The van der Waals surface area contributed by atoms with Crippen molar-refractivity contribution in [3.63, 3.8) is 0 Å². The Hall–Kier alpha value is -3.12. The van der Waals surface area contributed by atoms with E-state index in [1.165, 1.54) is 44.5 Å².